The summed E-state index contributed by atoms with van der Waals surface area (Å²) in [6.45, 7) is -1.03. The number of benzene rings is 1. The number of halogens is 4. The number of aromatic nitrogens is 1. The lowest BCUT2D eigenvalue weighted by Gasteiger charge is -2.37. The standard InChI is InChI=1S/C18H14ClF3N4O5/c1-17(18(21,22)8-31-16(23)25-17)10-4-13(26(28)29)15(5-11(10)20)30-7-14(27)12-3-2-9(19)6-24-12/h2-6H,7-8H2,1H3,(H2,23,25)/t17-/m1/s1. The van der Waals surface area contributed by atoms with Crippen LogP contribution in [0.4, 0.5) is 18.9 Å². The Labute approximate surface area is 177 Å². The summed E-state index contributed by atoms with van der Waals surface area (Å²) in [5.74, 6) is -6.29. The summed E-state index contributed by atoms with van der Waals surface area (Å²) in [7, 11) is 0. The van der Waals surface area contributed by atoms with E-state index in [0.717, 1.165) is 6.92 Å². The van der Waals surface area contributed by atoms with E-state index in [1.165, 1.54) is 18.3 Å². The molecule has 3 rings (SSSR count). The number of Topliss-reactive ketones (excluding diaryl/α,β-unsaturated/α-hetero) is 1. The smallest absolute Gasteiger partial charge is 0.311 e. The van der Waals surface area contributed by atoms with E-state index in [4.69, 9.17) is 22.1 Å². The molecule has 13 heteroatoms. The van der Waals surface area contributed by atoms with Gasteiger partial charge in [0, 0.05) is 23.9 Å². The zero-order valence-electron chi connectivity index (χ0n) is 15.8. The topological polar surface area (TPSA) is 130 Å². The summed E-state index contributed by atoms with van der Waals surface area (Å²) in [5.41, 5.74) is 1.13. The zero-order chi connectivity index (χ0) is 23.0. The second-order valence-electron chi connectivity index (χ2n) is 6.65. The van der Waals surface area contributed by atoms with Gasteiger partial charge < -0.3 is 15.2 Å². The number of nitro groups is 1. The molecule has 0 radical (unpaired) electrons. The van der Waals surface area contributed by atoms with Gasteiger partial charge in [-0.15, -0.1) is 0 Å². The molecule has 1 atom stereocenters. The first-order chi connectivity index (χ1) is 14.4. The Bertz CT molecular complexity index is 1080. The number of pyridine rings is 1. The van der Waals surface area contributed by atoms with E-state index in [1.807, 2.05) is 0 Å². The summed E-state index contributed by atoms with van der Waals surface area (Å²) in [6, 6.07) is 3.21. The zero-order valence-corrected chi connectivity index (χ0v) is 16.5. The summed E-state index contributed by atoms with van der Waals surface area (Å²) in [6.07, 6.45) is 1.21. The highest BCUT2D eigenvalue weighted by molar-refractivity contribution is 6.30. The number of nitro benzene ring substituents is 1. The van der Waals surface area contributed by atoms with Crippen molar-refractivity contribution in [3.05, 3.63) is 62.7 Å². The molecule has 2 heterocycles. The van der Waals surface area contributed by atoms with Gasteiger partial charge in [-0.3, -0.25) is 19.9 Å². The monoisotopic (exact) mass is 458 g/mol. The first kappa shape index (κ1) is 22.3. The molecule has 2 N–H and O–H groups in total. The van der Waals surface area contributed by atoms with E-state index >= 15 is 0 Å². The fourth-order valence-electron chi connectivity index (χ4n) is 2.83. The van der Waals surface area contributed by atoms with E-state index in [2.05, 4.69) is 14.7 Å². The number of alkyl halides is 2. The van der Waals surface area contributed by atoms with E-state index in [1.54, 1.807) is 0 Å². The van der Waals surface area contributed by atoms with Crippen molar-refractivity contribution in [1.82, 2.24) is 4.98 Å². The average molecular weight is 459 g/mol. The number of amidine groups is 1. The van der Waals surface area contributed by atoms with Crippen LogP contribution in [-0.4, -0.2) is 40.8 Å². The number of nitrogens with two attached hydrogens (primary N) is 1. The molecule has 0 saturated carbocycles. The lowest BCUT2D eigenvalue weighted by molar-refractivity contribution is -0.386. The van der Waals surface area contributed by atoms with Crippen molar-refractivity contribution in [3.63, 3.8) is 0 Å². The molecule has 1 aromatic heterocycles. The van der Waals surface area contributed by atoms with Crippen molar-refractivity contribution in [1.29, 1.82) is 0 Å². The molecule has 0 saturated heterocycles. The van der Waals surface area contributed by atoms with Crippen LogP contribution in [-0.2, 0) is 10.3 Å². The molecule has 0 unspecified atom stereocenters. The van der Waals surface area contributed by atoms with Gasteiger partial charge in [-0.2, -0.15) is 8.78 Å². The number of nitrogens with zero attached hydrogens (tertiary/aromatic N) is 3. The molecule has 31 heavy (non-hydrogen) atoms. The maximum absolute atomic E-state index is 14.8. The molecular weight excluding hydrogens is 445 g/mol. The van der Waals surface area contributed by atoms with Gasteiger partial charge in [-0.1, -0.05) is 11.6 Å². The van der Waals surface area contributed by atoms with Gasteiger partial charge in [0.1, 0.15) is 11.5 Å². The van der Waals surface area contributed by atoms with Gasteiger partial charge in [0.25, 0.3) is 6.02 Å². The Hall–Kier alpha value is -3.41. The van der Waals surface area contributed by atoms with Gasteiger partial charge >= 0.3 is 11.6 Å². The van der Waals surface area contributed by atoms with Crippen LogP contribution in [0.1, 0.15) is 23.0 Å². The molecule has 2 aromatic rings. The van der Waals surface area contributed by atoms with Crippen LogP contribution in [0.5, 0.6) is 5.75 Å². The van der Waals surface area contributed by atoms with E-state index < -0.39 is 64.2 Å². The third-order valence-corrected chi connectivity index (χ3v) is 4.81. The molecule has 1 aliphatic heterocycles. The fourth-order valence-corrected chi connectivity index (χ4v) is 2.94. The molecule has 0 bridgehead atoms. The Balaban J connectivity index is 1.96. The van der Waals surface area contributed by atoms with Crippen molar-refractivity contribution in [2.45, 2.75) is 18.4 Å². The highest BCUT2D eigenvalue weighted by Crippen LogP contribution is 2.46. The number of ether oxygens (including phenoxy) is 2. The number of carbonyl (C=O) groups is 1. The fraction of sp³-hybridized carbons (Fsp3) is 0.278. The predicted octanol–water partition coefficient (Wildman–Crippen LogP) is 3.24. The van der Waals surface area contributed by atoms with Gasteiger partial charge in [0.15, 0.2) is 18.8 Å². The first-order valence-corrected chi connectivity index (χ1v) is 8.94. The molecule has 1 aromatic carbocycles. The molecule has 9 nitrogen and oxygen atoms in total. The van der Waals surface area contributed by atoms with Crippen molar-refractivity contribution < 1.29 is 32.4 Å². The lowest BCUT2D eigenvalue weighted by atomic mass is 9.85. The van der Waals surface area contributed by atoms with Crippen molar-refractivity contribution in [3.8, 4) is 5.75 Å². The third kappa shape index (κ3) is 4.24. The lowest BCUT2D eigenvalue weighted by Crippen LogP contribution is -2.51. The highest BCUT2D eigenvalue weighted by atomic mass is 35.5. The van der Waals surface area contributed by atoms with Gasteiger partial charge in [-0.25, -0.2) is 9.38 Å². The van der Waals surface area contributed by atoms with E-state index in [9.17, 15) is 28.1 Å². The maximum Gasteiger partial charge on any atom is 0.311 e. The SMILES string of the molecule is C[C@]1(c2cc([N+](=O)[O-])c(OCC(=O)c3ccc(Cl)cn3)cc2F)N=C(N)OCC1(F)F. The Kier molecular flexibility index (Phi) is 5.77. The van der Waals surface area contributed by atoms with Gasteiger partial charge in [0.05, 0.1) is 9.95 Å². The molecular formula is C18H14ClF3N4O5. The molecule has 1 aliphatic rings. The van der Waals surface area contributed by atoms with Crippen LogP contribution < -0.4 is 10.5 Å². The minimum absolute atomic E-state index is 0.0386. The number of hydrogen-bond acceptors (Lipinski definition) is 8. The average Bonchev–Trinajstić information content (AvgIpc) is 2.69. The van der Waals surface area contributed by atoms with Crippen LogP contribution >= 0.6 is 11.6 Å². The molecule has 0 fully saturated rings. The van der Waals surface area contributed by atoms with Crippen LogP contribution in [0, 0.1) is 15.9 Å². The number of aliphatic imine (C=N–C) groups is 1. The highest BCUT2D eigenvalue weighted by Gasteiger charge is 2.56. The van der Waals surface area contributed by atoms with Crippen molar-refractivity contribution in [2.24, 2.45) is 10.7 Å². The predicted molar refractivity (Wildman–Crippen MR) is 102 cm³/mol. The largest absolute Gasteiger partial charge is 0.478 e. The summed E-state index contributed by atoms with van der Waals surface area (Å²) in [4.78, 5) is 29.9. The molecule has 164 valence electrons. The molecule has 0 amide bonds. The number of ketones is 1. The minimum Gasteiger partial charge on any atom is -0.478 e. The van der Waals surface area contributed by atoms with Crippen LogP contribution in [0.3, 0.4) is 0 Å². The van der Waals surface area contributed by atoms with Gasteiger partial charge in [0.2, 0.25) is 11.5 Å². The van der Waals surface area contributed by atoms with Crippen LogP contribution in [0.2, 0.25) is 5.02 Å². The third-order valence-electron chi connectivity index (χ3n) is 4.59. The second-order valence-corrected chi connectivity index (χ2v) is 7.08. The second kappa shape index (κ2) is 8.02. The number of rotatable bonds is 6. The molecule has 0 spiro atoms. The first-order valence-electron chi connectivity index (χ1n) is 8.56. The maximum atomic E-state index is 14.8. The molecule has 0 aliphatic carbocycles. The number of carbonyl (C=O) groups excluding carboxylic acids is 1. The van der Waals surface area contributed by atoms with Gasteiger partial charge in [-0.05, 0) is 19.1 Å². The normalized spacial score (nSPS) is 19.8. The summed E-state index contributed by atoms with van der Waals surface area (Å²) in [5, 5.41) is 11.8. The Morgan fingerprint density at radius 2 is 2.13 bits per heavy atom. The van der Waals surface area contributed by atoms with E-state index in [-0.39, 0.29) is 10.7 Å². The Morgan fingerprint density at radius 3 is 2.74 bits per heavy atom. The van der Waals surface area contributed by atoms with E-state index in [0.29, 0.717) is 12.1 Å². The van der Waals surface area contributed by atoms with Crippen LogP contribution in [0.15, 0.2) is 35.5 Å². The van der Waals surface area contributed by atoms with Crippen molar-refractivity contribution >= 4 is 29.1 Å². The minimum atomic E-state index is -3.72. The summed E-state index contributed by atoms with van der Waals surface area (Å²) < 4.78 is 53.4. The summed E-state index contributed by atoms with van der Waals surface area (Å²) >= 11 is 5.68. The number of hydrogen-bond donors (Lipinski definition) is 1. The van der Waals surface area contributed by atoms with Crippen molar-refractivity contribution in [2.75, 3.05) is 13.2 Å². The van der Waals surface area contributed by atoms with Crippen LogP contribution in [0.25, 0.3) is 0 Å². The Morgan fingerprint density at radius 1 is 1.42 bits per heavy atom. The quantitative estimate of drug-likeness (QED) is 0.399.